The van der Waals surface area contributed by atoms with Crippen LogP contribution in [-0.2, 0) is 6.54 Å². The number of aryl methyl sites for hydroxylation is 1. The van der Waals surface area contributed by atoms with Crippen LogP contribution in [0, 0.1) is 6.92 Å². The van der Waals surface area contributed by atoms with Crippen molar-refractivity contribution >= 4 is 23.0 Å². The Morgan fingerprint density at radius 2 is 2.22 bits per heavy atom. The lowest BCUT2D eigenvalue weighted by molar-refractivity contribution is 0.102. The zero-order valence-corrected chi connectivity index (χ0v) is 13.3. The molecule has 3 rings (SSSR count). The van der Waals surface area contributed by atoms with Crippen molar-refractivity contribution in [3.8, 4) is 0 Å². The van der Waals surface area contributed by atoms with Gasteiger partial charge in [-0.1, -0.05) is 0 Å². The second-order valence-electron chi connectivity index (χ2n) is 5.50. The van der Waals surface area contributed by atoms with Crippen LogP contribution >= 0.6 is 0 Å². The molecule has 1 amide bonds. The monoisotopic (exact) mass is 314 g/mol. The number of benzene rings is 1. The summed E-state index contributed by atoms with van der Waals surface area (Å²) in [6.45, 7) is 3.32. The summed E-state index contributed by atoms with van der Waals surface area (Å²) in [4.78, 5) is 22.6. The van der Waals surface area contributed by atoms with Crippen molar-refractivity contribution in [1.29, 1.82) is 0 Å². The Kier molecular flexibility index (Phi) is 4.07. The van der Waals surface area contributed by atoms with Crippen molar-refractivity contribution in [2.24, 2.45) is 0 Å². The third-order valence-corrected chi connectivity index (χ3v) is 3.30. The first kappa shape index (κ1) is 15.2. The van der Waals surface area contributed by atoms with E-state index >= 15 is 0 Å². The molecule has 0 fully saturated rings. The van der Waals surface area contributed by atoms with Gasteiger partial charge in [0.25, 0.3) is 5.91 Å². The summed E-state index contributed by atoms with van der Waals surface area (Å²) in [7, 11) is 3.97. The molecule has 0 radical (unpaired) electrons. The van der Waals surface area contributed by atoms with Crippen molar-refractivity contribution in [3.05, 3.63) is 36.0 Å². The number of hydrogen-bond donors (Lipinski definition) is 1. The van der Waals surface area contributed by atoms with Gasteiger partial charge >= 0.3 is 0 Å². The molecular weight excluding hydrogens is 296 g/mol. The fourth-order valence-electron chi connectivity index (χ4n) is 2.12. The SMILES string of the molecule is Cc1nc2ccc(C(=O)Nc3ncn(CCN(C)C)n3)cc2o1. The lowest BCUT2D eigenvalue weighted by atomic mass is 10.2. The topological polar surface area (TPSA) is 89.1 Å². The van der Waals surface area contributed by atoms with E-state index in [0.29, 0.717) is 23.6 Å². The highest BCUT2D eigenvalue weighted by molar-refractivity contribution is 6.04. The Labute approximate surface area is 133 Å². The number of nitrogens with one attached hydrogen (secondary N) is 1. The number of carbonyl (C=O) groups is 1. The smallest absolute Gasteiger partial charge is 0.258 e. The number of hydrogen-bond acceptors (Lipinski definition) is 6. The average molecular weight is 314 g/mol. The van der Waals surface area contributed by atoms with Gasteiger partial charge in [0, 0.05) is 19.0 Å². The minimum Gasteiger partial charge on any atom is -0.441 e. The second kappa shape index (κ2) is 6.17. The summed E-state index contributed by atoms with van der Waals surface area (Å²) in [5, 5.41) is 6.91. The summed E-state index contributed by atoms with van der Waals surface area (Å²) in [6, 6.07) is 5.11. The zero-order chi connectivity index (χ0) is 16.4. The van der Waals surface area contributed by atoms with Crippen LogP contribution in [-0.4, -0.2) is 51.2 Å². The Bertz CT molecular complexity index is 835. The van der Waals surface area contributed by atoms with Gasteiger partial charge in [0.05, 0.1) is 6.54 Å². The summed E-state index contributed by atoms with van der Waals surface area (Å²) in [6.07, 6.45) is 1.60. The normalized spacial score (nSPS) is 11.3. The van der Waals surface area contributed by atoms with Crippen molar-refractivity contribution < 1.29 is 9.21 Å². The minimum atomic E-state index is -0.286. The van der Waals surface area contributed by atoms with Gasteiger partial charge in [-0.25, -0.2) is 14.6 Å². The molecule has 1 N–H and O–H groups in total. The Morgan fingerprint density at radius 1 is 1.39 bits per heavy atom. The van der Waals surface area contributed by atoms with E-state index in [2.05, 4.69) is 25.3 Å². The Hall–Kier alpha value is -2.74. The fourth-order valence-corrected chi connectivity index (χ4v) is 2.12. The highest BCUT2D eigenvalue weighted by Crippen LogP contribution is 2.17. The van der Waals surface area contributed by atoms with Crippen molar-refractivity contribution in [3.63, 3.8) is 0 Å². The van der Waals surface area contributed by atoms with Gasteiger partial charge in [-0.15, -0.1) is 5.10 Å². The van der Waals surface area contributed by atoms with Crippen LogP contribution < -0.4 is 5.32 Å². The maximum atomic E-state index is 12.3. The van der Waals surface area contributed by atoms with Crippen LogP contribution in [0.3, 0.4) is 0 Å². The highest BCUT2D eigenvalue weighted by Gasteiger charge is 2.12. The zero-order valence-electron chi connectivity index (χ0n) is 13.3. The fraction of sp³-hybridized carbons (Fsp3) is 0.333. The number of fused-ring (bicyclic) bond motifs is 1. The summed E-state index contributed by atoms with van der Waals surface area (Å²) in [5.41, 5.74) is 1.78. The van der Waals surface area contributed by atoms with Crippen molar-refractivity contribution in [1.82, 2.24) is 24.6 Å². The summed E-state index contributed by atoms with van der Waals surface area (Å²) < 4.78 is 7.13. The van der Waals surface area contributed by atoms with Crippen LogP contribution in [0.15, 0.2) is 28.9 Å². The molecule has 23 heavy (non-hydrogen) atoms. The molecule has 0 spiro atoms. The lowest BCUT2D eigenvalue weighted by Crippen LogP contribution is -2.19. The number of carbonyl (C=O) groups excluding carboxylic acids is 1. The molecule has 0 unspecified atom stereocenters. The van der Waals surface area contributed by atoms with Gasteiger partial charge in [0.2, 0.25) is 5.95 Å². The maximum absolute atomic E-state index is 12.3. The maximum Gasteiger partial charge on any atom is 0.258 e. The highest BCUT2D eigenvalue weighted by atomic mass is 16.3. The summed E-state index contributed by atoms with van der Waals surface area (Å²) >= 11 is 0. The third-order valence-electron chi connectivity index (χ3n) is 3.30. The largest absolute Gasteiger partial charge is 0.441 e. The average Bonchev–Trinajstić information content (AvgIpc) is 3.09. The lowest BCUT2D eigenvalue weighted by Gasteiger charge is -2.08. The van der Waals surface area contributed by atoms with Crippen LogP contribution in [0.2, 0.25) is 0 Å². The van der Waals surface area contributed by atoms with Gasteiger partial charge in [-0.2, -0.15) is 0 Å². The first-order valence-electron chi connectivity index (χ1n) is 7.24. The predicted octanol–water partition coefficient (Wildman–Crippen LogP) is 1.54. The van der Waals surface area contributed by atoms with Crippen LogP contribution in [0.4, 0.5) is 5.95 Å². The Balaban J connectivity index is 1.70. The second-order valence-corrected chi connectivity index (χ2v) is 5.50. The van der Waals surface area contributed by atoms with E-state index in [4.69, 9.17) is 4.42 Å². The molecule has 2 aromatic heterocycles. The molecule has 1 aromatic carbocycles. The molecule has 0 aliphatic carbocycles. The first-order chi connectivity index (χ1) is 11.0. The first-order valence-corrected chi connectivity index (χ1v) is 7.24. The number of amides is 1. The molecular formula is C15H18N6O2. The minimum absolute atomic E-state index is 0.280. The number of rotatable bonds is 5. The molecule has 120 valence electrons. The molecule has 3 aromatic rings. The molecule has 0 saturated heterocycles. The quantitative estimate of drug-likeness (QED) is 0.768. The van der Waals surface area contributed by atoms with Gasteiger partial charge in [0.1, 0.15) is 11.8 Å². The Morgan fingerprint density at radius 3 is 3.00 bits per heavy atom. The van der Waals surface area contributed by atoms with Crippen molar-refractivity contribution in [2.75, 3.05) is 26.0 Å². The van der Waals surface area contributed by atoms with Gasteiger partial charge in [-0.3, -0.25) is 10.1 Å². The van der Waals surface area contributed by atoms with Crippen LogP contribution in [0.1, 0.15) is 16.2 Å². The standard InChI is InChI=1S/C15H18N6O2/c1-10-17-12-5-4-11(8-13(12)23-10)14(22)18-15-16-9-21(19-15)7-6-20(2)3/h4-5,8-9H,6-7H2,1-3H3,(H,18,19,22). The van der Waals surface area contributed by atoms with E-state index in [-0.39, 0.29) is 11.9 Å². The molecule has 0 aliphatic rings. The van der Waals surface area contributed by atoms with Gasteiger partial charge < -0.3 is 9.32 Å². The van der Waals surface area contributed by atoms with E-state index in [0.717, 1.165) is 12.1 Å². The van der Waals surface area contributed by atoms with E-state index in [1.54, 1.807) is 36.1 Å². The van der Waals surface area contributed by atoms with E-state index in [1.165, 1.54) is 0 Å². The van der Waals surface area contributed by atoms with E-state index in [1.807, 2.05) is 14.1 Å². The number of oxazole rings is 1. The number of anilines is 1. The number of nitrogens with zero attached hydrogens (tertiary/aromatic N) is 5. The molecule has 2 heterocycles. The predicted molar refractivity (Wildman–Crippen MR) is 85.3 cm³/mol. The molecule has 0 atom stereocenters. The molecule has 0 saturated carbocycles. The third kappa shape index (κ3) is 3.54. The molecule has 8 nitrogen and oxygen atoms in total. The van der Waals surface area contributed by atoms with Crippen molar-refractivity contribution in [2.45, 2.75) is 13.5 Å². The molecule has 0 aliphatic heterocycles. The number of likely N-dealkylation sites (N-methyl/N-ethyl adjacent to an activating group) is 1. The molecule has 8 heteroatoms. The molecule has 0 bridgehead atoms. The van der Waals surface area contributed by atoms with E-state index < -0.39 is 0 Å². The van der Waals surface area contributed by atoms with E-state index in [9.17, 15) is 4.79 Å². The van der Waals surface area contributed by atoms with Crippen LogP contribution in [0.25, 0.3) is 11.1 Å². The summed E-state index contributed by atoms with van der Waals surface area (Å²) in [5.74, 6) is 0.563. The van der Waals surface area contributed by atoms with Crippen LogP contribution in [0.5, 0.6) is 0 Å². The van der Waals surface area contributed by atoms with Gasteiger partial charge in [0.15, 0.2) is 11.5 Å². The number of aromatic nitrogens is 4. The van der Waals surface area contributed by atoms with Gasteiger partial charge in [-0.05, 0) is 32.3 Å².